The molecule has 0 saturated heterocycles. The third-order valence-electron chi connectivity index (χ3n) is 4.26. The molecule has 26 heavy (non-hydrogen) atoms. The highest BCUT2D eigenvalue weighted by atomic mass is 127. The van der Waals surface area contributed by atoms with Gasteiger partial charge in [-0.1, -0.05) is 19.9 Å². The van der Waals surface area contributed by atoms with Gasteiger partial charge in [0.15, 0.2) is 17.5 Å². The van der Waals surface area contributed by atoms with Crippen LogP contribution in [0.5, 0.6) is 11.5 Å². The van der Waals surface area contributed by atoms with E-state index in [0.29, 0.717) is 19.8 Å². The largest absolute Gasteiger partial charge is 0.486 e. The number of aliphatic imine (C=N–C) groups is 1. The Bertz CT molecular complexity index is 730. The van der Waals surface area contributed by atoms with Crippen molar-refractivity contribution in [2.45, 2.75) is 25.8 Å². The van der Waals surface area contributed by atoms with Crippen molar-refractivity contribution >= 4 is 29.9 Å². The van der Waals surface area contributed by atoms with E-state index in [0.717, 1.165) is 29.8 Å². The normalized spacial score (nSPS) is 13.7. The molecule has 2 aromatic rings. The molecule has 0 fully saturated rings. The summed E-state index contributed by atoms with van der Waals surface area (Å²) in [4.78, 5) is 4.26. The summed E-state index contributed by atoms with van der Waals surface area (Å²) in [6.07, 6.45) is 1.66. The molecular weight excluding hydrogens is 445 g/mol. The van der Waals surface area contributed by atoms with E-state index in [2.05, 4.69) is 41.6 Å². The standard InChI is InChI=1S/C19H25N3O3.HI/c1-19(2,14-6-7-16-17(11-14)25-10-9-24-16)13-22-18(20-3)21-12-15-5-4-8-23-15;/h4-8,11H,9-10,12-13H2,1-3H3,(H2,20,21,22);1H. The molecule has 3 rings (SSSR count). The Morgan fingerprint density at radius 1 is 1.12 bits per heavy atom. The Labute approximate surface area is 171 Å². The molecule has 0 aliphatic carbocycles. The second-order valence-corrected chi connectivity index (χ2v) is 6.60. The molecule has 0 saturated carbocycles. The van der Waals surface area contributed by atoms with Gasteiger partial charge >= 0.3 is 0 Å². The molecule has 1 aromatic heterocycles. The zero-order valence-electron chi connectivity index (χ0n) is 15.4. The molecule has 6 nitrogen and oxygen atoms in total. The van der Waals surface area contributed by atoms with E-state index in [4.69, 9.17) is 13.9 Å². The Balaban J connectivity index is 0.00000243. The van der Waals surface area contributed by atoms with Crippen molar-refractivity contribution in [2.24, 2.45) is 4.99 Å². The summed E-state index contributed by atoms with van der Waals surface area (Å²) in [7, 11) is 1.76. The van der Waals surface area contributed by atoms with E-state index in [1.807, 2.05) is 18.2 Å². The van der Waals surface area contributed by atoms with Crippen molar-refractivity contribution in [3.8, 4) is 11.5 Å². The topological polar surface area (TPSA) is 68.0 Å². The van der Waals surface area contributed by atoms with Crippen LogP contribution in [0, 0.1) is 0 Å². The number of hydrogen-bond acceptors (Lipinski definition) is 4. The van der Waals surface area contributed by atoms with Crippen molar-refractivity contribution in [3.05, 3.63) is 47.9 Å². The SMILES string of the molecule is CN=C(NCc1ccco1)NCC(C)(C)c1ccc2c(c1)OCCO2.I. The van der Waals surface area contributed by atoms with Gasteiger partial charge in [0, 0.05) is 19.0 Å². The van der Waals surface area contributed by atoms with Crippen LogP contribution in [-0.2, 0) is 12.0 Å². The molecule has 0 unspecified atom stereocenters. The van der Waals surface area contributed by atoms with E-state index >= 15 is 0 Å². The van der Waals surface area contributed by atoms with Gasteiger partial charge in [-0.15, -0.1) is 24.0 Å². The molecule has 0 amide bonds. The van der Waals surface area contributed by atoms with Crippen LogP contribution in [0.15, 0.2) is 46.0 Å². The van der Waals surface area contributed by atoms with Gasteiger partial charge in [-0.2, -0.15) is 0 Å². The number of nitrogens with zero attached hydrogens (tertiary/aromatic N) is 1. The third-order valence-corrected chi connectivity index (χ3v) is 4.26. The average Bonchev–Trinajstić information content (AvgIpc) is 3.15. The molecule has 2 N–H and O–H groups in total. The maximum atomic E-state index is 5.69. The molecule has 1 aliphatic heterocycles. The quantitative estimate of drug-likeness (QED) is 0.398. The molecular formula is C19H26IN3O3. The lowest BCUT2D eigenvalue weighted by molar-refractivity contribution is 0.171. The second-order valence-electron chi connectivity index (χ2n) is 6.60. The monoisotopic (exact) mass is 471 g/mol. The number of ether oxygens (including phenoxy) is 2. The summed E-state index contributed by atoms with van der Waals surface area (Å²) in [6, 6.07) is 9.94. The summed E-state index contributed by atoms with van der Waals surface area (Å²) in [5, 5.41) is 6.62. The lowest BCUT2D eigenvalue weighted by atomic mass is 9.84. The van der Waals surface area contributed by atoms with E-state index in [-0.39, 0.29) is 29.4 Å². The van der Waals surface area contributed by atoms with Crippen LogP contribution >= 0.6 is 24.0 Å². The van der Waals surface area contributed by atoms with Crippen LogP contribution < -0.4 is 20.1 Å². The lowest BCUT2D eigenvalue weighted by Gasteiger charge is -2.28. The number of furan rings is 1. The Morgan fingerprint density at radius 2 is 1.88 bits per heavy atom. The van der Waals surface area contributed by atoms with E-state index < -0.39 is 0 Å². The summed E-state index contributed by atoms with van der Waals surface area (Å²) >= 11 is 0. The zero-order chi connectivity index (χ0) is 17.7. The van der Waals surface area contributed by atoms with Crippen LogP contribution in [-0.4, -0.2) is 32.8 Å². The fourth-order valence-electron chi connectivity index (χ4n) is 2.68. The van der Waals surface area contributed by atoms with Crippen LogP contribution in [0.25, 0.3) is 0 Å². The molecule has 0 spiro atoms. The van der Waals surface area contributed by atoms with Crippen molar-refractivity contribution in [1.29, 1.82) is 0 Å². The summed E-state index contributed by atoms with van der Waals surface area (Å²) in [5.41, 5.74) is 1.09. The first kappa shape index (κ1) is 20.4. The van der Waals surface area contributed by atoms with Gasteiger partial charge in [0.1, 0.15) is 19.0 Å². The van der Waals surface area contributed by atoms with E-state index in [1.54, 1.807) is 13.3 Å². The second kappa shape index (κ2) is 9.16. The minimum Gasteiger partial charge on any atom is -0.486 e. The van der Waals surface area contributed by atoms with Crippen molar-refractivity contribution in [2.75, 3.05) is 26.8 Å². The van der Waals surface area contributed by atoms with Crippen LogP contribution in [0.1, 0.15) is 25.2 Å². The van der Waals surface area contributed by atoms with Gasteiger partial charge in [0.25, 0.3) is 0 Å². The first-order chi connectivity index (χ1) is 12.1. The van der Waals surface area contributed by atoms with Gasteiger partial charge < -0.3 is 24.5 Å². The first-order valence-electron chi connectivity index (χ1n) is 8.45. The predicted molar refractivity (Wildman–Crippen MR) is 113 cm³/mol. The maximum Gasteiger partial charge on any atom is 0.191 e. The third kappa shape index (κ3) is 5.06. The molecule has 1 aliphatic rings. The Morgan fingerprint density at radius 3 is 2.58 bits per heavy atom. The summed E-state index contributed by atoms with van der Waals surface area (Å²) < 4.78 is 16.6. The maximum absolute atomic E-state index is 5.69. The Kier molecular flexibility index (Phi) is 7.19. The number of halogens is 1. The highest BCUT2D eigenvalue weighted by Crippen LogP contribution is 2.34. The molecule has 0 atom stereocenters. The fourth-order valence-corrected chi connectivity index (χ4v) is 2.68. The van der Waals surface area contributed by atoms with Crippen LogP contribution in [0.4, 0.5) is 0 Å². The number of guanidine groups is 1. The molecule has 7 heteroatoms. The number of fused-ring (bicyclic) bond motifs is 1. The van der Waals surface area contributed by atoms with Gasteiger partial charge in [-0.05, 0) is 29.8 Å². The first-order valence-corrected chi connectivity index (χ1v) is 8.45. The number of rotatable bonds is 5. The van der Waals surface area contributed by atoms with Crippen molar-refractivity contribution in [3.63, 3.8) is 0 Å². The van der Waals surface area contributed by atoms with Gasteiger partial charge in [-0.3, -0.25) is 4.99 Å². The summed E-state index contributed by atoms with van der Waals surface area (Å²) in [6.45, 7) is 6.89. The van der Waals surface area contributed by atoms with Crippen molar-refractivity contribution < 1.29 is 13.9 Å². The van der Waals surface area contributed by atoms with Gasteiger partial charge in [0.2, 0.25) is 0 Å². The molecule has 2 heterocycles. The van der Waals surface area contributed by atoms with Crippen LogP contribution in [0.2, 0.25) is 0 Å². The van der Waals surface area contributed by atoms with E-state index in [9.17, 15) is 0 Å². The van der Waals surface area contributed by atoms with Crippen molar-refractivity contribution in [1.82, 2.24) is 10.6 Å². The predicted octanol–water partition coefficient (Wildman–Crippen LogP) is 3.31. The highest BCUT2D eigenvalue weighted by Gasteiger charge is 2.23. The fraction of sp³-hybridized carbons (Fsp3) is 0.421. The number of benzene rings is 1. The molecule has 142 valence electrons. The number of nitrogens with one attached hydrogen (secondary N) is 2. The molecule has 0 bridgehead atoms. The zero-order valence-corrected chi connectivity index (χ0v) is 17.7. The highest BCUT2D eigenvalue weighted by molar-refractivity contribution is 14.0. The van der Waals surface area contributed by atoms with E-state index in [1.165, 1.54) is 5.56 Å². The number of hydrogen-bond donors (Lipinski definition) is 2. The minimum atomic E-state index is -0.0991. The van der Waals surface area contributed by atoms with Gasteiger partial charge in [-0.25, -0.2) is 0 Å². The Hall–Kier alpha value is -1.90. The van der Waals surface area contributed by atoms with Crippen LogP contribution in [0.3, 0.4) is 0 Å². The average molecular weight is 471 g/mol. The smallest absolute Gasteiger partial charge is 0.191 e. The molecule has 0 radical (unpaired) electrons. The lowest BCUT2D eigenvalue weighted by Crippen LogP contribution is -2.43. The summed E-state index contributed by atoms with van der Waals surface area (Å²) in [5.74, 6) is 3.24. The van der Waals surface area contributed by atoms with Gasteiger partial charge in [0.05, 0.1) is 12.8 Å². The minimum absolute atomic E-state index is 0. The molecule has 1 aromatic carbocycles.